The molecule has 15 heavy (non-hydrogen) atoms. The first-order valence-electron chi connectivity index (χ1n) is 4.84. The molecule has 74 valence electrons. The van der Waals surface area contributed by atoms with Crippen LogP contribution >= 0.6 is 0 Å². The summed E-state index contributed by atoms with van der Waals surface area (Å²) in [6.45, 7) is 5.70. The van der Waals surface area contributed by atoms with Gasteiger partial charge >= 0.3 is 0 Å². The second-order valence-corrected chi connectivity index (χ2v) is 3.19. The Labute approximate surface area is 89.0 Å². The molecule has 0 radical (unpaired) electrons. The third-order valence-corrected chi connectivity index (χ3v) is 2.30. The van der Waals surface area contributed by atoms with Gasteiger partial charge in [-0.25, -0.2) is 0 Å². The summed E-state index contributed by atoms with van der Waals surface area (Å²) in [5.74, 6) is 0. The second kappa shape index (κ2) is 4.05. The van der Waals surface area contributed by atoms with E-state index in [9.17, 15) is 0 Å². The van der Waals surface area contributed by atoms with Gasteiger partial charge in [0.1, 0.15) is 0 Å². The zero-order chi connectivity index (χ0) is 10.7. The Hall–Kier alpha value is -1.96. The molecule has 2 heteroatoms. The number of rotatable bonds is 2. The van der Waals surface area contributed by atoms with Crippen LogP contribution in [0.4, 0.5) is 5.69 Å². The van der Waals surface area contributed by atoms with Crippen LogP contribution in [0.25, 0.3) is 16.8 Å². The van der Waals surface area contributed by atoms with Crippen LogP contribution in [0, 0.1) is 0 Å². The minimum Gasteiger partial charge on any atom is -0.264 e. The van der Waals surface area contributed by atoms with Crippen LogP contribution in [0.5, 0.6) is 0 Å². The van der Waals surface area contributed by atoms with E-state index in [1.165, 1.54) is 0 Å². The highest BCUT2D eigenvalue weighted by molar-refractivity contribution is 5.96. The molecule has 0 N–H and O–H groups in total. The van der Waals surface area contributed by atoms with E-state index in [4.69, 9.17) is 0 Å². The van der Waals surface area contributed by atoms with Gasteiger partial charge in [0.05, 0.1) is 5.69 Å². The van der Waals surface area contributed by atoms with Gasteiger partial charge in [0, 0.05) is 34.9 Å². The number of hydrogen-bond acceptors (Lipinski definition) is 2. The first-order valence-corrected chi connectivity index (χ1v) is 4.84. The topological polar surface area (TPSA) is 25.2 Å². The number of hydrogen-bond donors (Lipinski definition) is 0. The molecule has 0 aliphatic rings. The summed E-state index contributed by atoms with van der Waals surface area (Å²) in [5.41, 5.74) is 2.01. The molecule has 0 amide bonds. The molecule has 0 spiro atoms. The lowest BCUT2D eigenvalue weighted by molar-refractivity contribution is 1.36. The third-order valence-electron chi connectivity index (χ3n) is 2.30. The normalized spacial score (nSPS) is 11.0. The molecule has 0 aliphatic heterocycles. The smallest absolute Gasteiger partial charge is 0.0777 e. The van der Waals surface area contributed by atoms with E-state index in [0.29, 0.717) is 0 Å². The zero-order valence-electron chi connectivity index (χ0n) is 8.64. The fraction of sp³-hybridized carbons (Fsp3) is 0.0769. The van der Waals surface area contributed by atoms with Crippen molar-refractivity contribution in [2.45, 2.75) is 6.92 Å². The zero-order valence-corrected chi connectivity index (χ0v) is 8.64. The van der Waals surface area contributed by atoms with E-state index in [0.717, 1.165) is 22.0 Å². The van der Waals surface area contributed by atoms with Crippen molar-refractivity contribution in [2.24, 2.45) is 4.99 Å². The third kappa shape index (κ3) is 1.66. The Bertz CT molecular complexity index is 527. The number of aromatic nitrogens is 1. The van der Waals surface area contributed by atoms with Crippen LogP contribution in [0.2, 0.25) is 0 Å². The van der Waals surface area contributed by atoms with Gasteiger partial charge in [0.2, 0.25) is 0 Å². The fourth-order valence-corrected chi connectivity index (χ4v) is 1.61. The Morgan fingerprint density at radius 2 is 2.20 bits per heavy atom. The molecule has 0 saturated heterocycles. The summed E-state index contributed by atoms with van der Waals surface area (Å²) in [6.07, 6.45) is 7.24. The Morgan fingerprint density at radius 1 is 1.33 bits per heavy atom. The van der Waals surface area contributed by atoms with E-state index in [2.05, 4.69) is 16.6 Å². The predicted octanol–water partition coefficient (Wildman–Crippen LogP) is 3.60. The van der Waals surface area contributed by atoms with Crippen LogP contribution in [0.15, 0.2) is 42.2 Å². The number of aliphatic imine (C=N–C) groups is 1. The minimum atomic E-state index is 0.965. The van der Waals surface area contributed by atoms with Gasteiger partial charge in [-0.05, 0) is 13.0 Å². The highest BCUT2D eigenvalue weighted by Crippen LogP contribution is 2.29. The molecule has 1 aromatic heterocycles. The van der Waals surface area contributed by atoms with E-state index in [1.807, 2.05) is 37.4 Å². The Kier molecular flexibility index (Phi) is 2.59. The quantitative estimate of drug-likeness (QED) is 0.674. The molecular weight excluding hydrogens is 184 g/mol. The predicted molar refractivity (Wildman–Crippen MR) is 65.7 cm³/mol. The lowest BCUT2D eigenvalue weighted by atomic mass is 10.1. The standard InChI is InChI=1S/C13H12N2/c1-3-10-5-6-11-9-14-8-7-12(11)13(10)15-4-2/h3-9H,1H2,2H3. The average Bonchev–Trinajstić information content (AvgIpc) is 2.30. The van der Waals surface area contributed by atoms with Crippen molar-refractivity contribution in [3.8, 4) is 0 Å². The maximum Gasteiger partial charge on any atom is 0.0777 e. The Morgan fingerprint density at radius 3 is 2.93 bits per heavy atom. The second-order valence-electron chi connectivity index (χ2n) is 3.19. The van der Waals surface area contributed by atoms with E-state index < -0.39 is 0 Å². The van der Waals surface area contributed by atoms with Gasteiger partial charge < -0.3 is 0 Å². The van der Waals surface area contributed by atoms with Crippen LogP contribution in [-0.4, -0.2) is 11.2 Å². The summed E-state index contributed by atoms with van der Waals surface area (Å²) >= 11 is 0. The van der Waals surface area contributed by atoms with Crippen molar-refractivity contribution in [1.82, 2.24) is 4.98 Å². The van der Waals surface area contributed by atoms with Crippen molar-refractivity contribution < 1.29 is 0 Å². The first kappa shape index (κ1) is 9.59. The summed E-state index contributed by atoms with van der Waals surface area (Å²) in [7, 11) is 0. The van der Waals surface area contributed by atoms with Gasteiger partial charge in [-0.1, -0.05) is 24.8 Å². The molecule has 2 rings (SSSR count). The number of fused-ring (bicyclic) bond motifs is 1. The van der Waals surface area contributed by atoms with Gasteiger partial charge in [0.25, 0.3) is 0 Å². The maximum absolute atomic E-state index is 4.38. The molecular formula is C13H12N2. The number of pyridine rings is 1. The van der Waals surface area contributed by atoms with Gasteiger partial charge in [-0.3, -0.25) is 9.98 Å². The first-order chi connectivity index (χ1) is 7.36. The molecule has 0 fully saturated rings. The summed E-state index contributed by atoms with van der Waals surface area (Å²) in [6, 6.07) is 6.03. The van der Waals surface area contributed by atoms with Crippen molar-refractivity contribution in [3.63, 3.8) is 0 Å². The maximum atomic E-state index is 4.38. The van der Waals surface area contributed by atoms with Crippen LogP contribution < -0.4 is 0 Å². The monoisotopic (exact) mass is 196 g/mol. The number of nitrogens with zero attached hydrogens (tertiary/aromatic N) is 2. The van der Waals surface area contributed by atoms with Crippen LogP contribution in [0.1, 0.15) is 12.5 Å². The van der Waals surface area contributed by atoms with Crippen LogP contribution in [-0.2, 0) is 0 Å². The molecule has 0 saturated carbocycles. The summed E-state index contributed by atoms with van der Waals surface area (Å²) < 4.78 is 0. The molecule has 1 heterocycles. The molecule has 1 aromatic carbocycles. The SMILES string of the molecule is C=Cc1ccc2cnccc2c1N=CC. The summed E-state index contributed by atoms with van der Waals surface area (Å²) in [4.78, 5) is 8.47. The van der Waals surface area contributed by atoms with Crippen LogP contribution in [0.3, 0.4) is 0 Å². The van der Waals surface area contributed by atoms with Crippen molar-refractivity contribution in [3.05, 3.63) is 42.7 Å². The van der Waals surface area contributed by atoms with Gasteiger partial charge in [0.15, 0.2) is 0 Å². The van der Waals surface area contributed by atoms with E-state index >= 15 is 0 Å². The van der Waals surface area contributed by atoms with Gasteiger partial charge in [-0.15, -0.1) is 0 Å². The lowest BCUT2D eigenvalue weighted by Crippen LogP contribution is -1.80. The molecule has 2 nitrogen and oxygen atoms in total. The Balaban J connectivity index is 2.84. The lowest BCUT2D eigenvalue weighted by Gasteiger charge is -2.04. The molecule has 0 aliphatic carbocycles. The van der Waals surface area contributed by atoms with Crippen molar-refractivity contribution >= 4 is 28.8 Å². The molecule has 0 atom stereocenters. The van der Waals surface area contributed by atoms with E-state index in [-0.39, 0.29) is 0 Å². The molecule has 0 bridgehead atoms. The van der Waals surface area contributed by atoms with E-state index in [1.54, 1.807) is 12.4 Å². The molecule has 0 unspecified atom stereocenters. The van der Waals surface area contributed by atoms with Crippen molar-refractivity contribution in [1.29, 1.82) is 0 Å². The highest BCUT2D eigenvalue weighted by Gasteiger charge is 2.03. The molecule has 2 aromatic rings. The summed E-state index contributed by atoms with van der Waals surface area (Å²) in [5, 5.41) is 2.21. The fourth-order valence-electron chi connectivity index (χ4n) is 1.61. The number of benzene rings is 1. The average molecular weight is 196 g/mol. The van der Waals surface area contributed by atoms with Gasteiger partial charge in [-0.2, -0.15) is 0 Å². The van der Waals surface area contributed by atoms with Crippen molar-refractivity contribution in [2.75, 3.05) is 0 Å². The minimum absolute atomic E-state index is 0.965. The largest absolute Gasteiger partial charge is 0.264 e. The highest BCUT2D eigenvalue weighted by atomic mass is 14.7.